The van der Waals surface area contributed by atoms with Crippen molar-refractivity contribution in [3.8, 4) is 17.4 Å². The minimum Gasteiger partial charge on any atom is -0.495 e. The number of benzene rings is 2. The van der Waals surface area contributed by atoms with Gasteiger partial charge in [0, 0.05) is 23.9 Å². The number of carbonyl (C=O) groups is 2. The molecule has 37 heavy (non-hydrogen) atoms. The fourth-order valence-electron chi connectivity index (χ4n) is 3.60. The van der Waals surface area contributed by atoms with E-state index in [9.17, 15) is 22.8 Å². The first-order valence-corrected chi connectivity index (χ1v) is 11.0. The van der Waals surface area contributed by atoms with E-state index in [1.54, 1.807) is 6.07 Å². The molecule has 1 saturated carbocycles. The molecule has 1 aliphatic carbocycles. The number of anilines is 2. The van der Waals surface area contributed by atoms with Gasteiger partial charge in [0.15, 0.2) is 22.9 Å². The molecule has 0 radical (unpaired) electrons. The number of amides is 2. The van der Waals surface area contributed by atoms with Crippen molar-refractivity contribution >= 4 is 34.2 Å². The number of pyridine rings is 1. The fraction of sp³-hybridized carbons (Fsp3) is 0.160. The Morgan fingerprint density at radius 1 is 0.919 bits per heavy atom. The molecule has 2 aromatic carbocycles. The third-order valence-corrected chi connectivity index (χ3v) is 5.85. The smallest absolute Gasteiger partial charge is 0.249 e. The Kier molecular flexibility index (Phi) is 6.07. The van der Waals surface area contributed by atoms with Crippen LogP contribution in [0.5, 0.6) is 17.4 Å². The van der Waals surface area contributed by atoms with E-state index in [-0.39, 0.29) is 24.2 Å². The van der Waals surface area contributed by atoms with E-state index in [2.05, 4.69) is 25.6 Å². The Balaban J connectivity index is 1.33. The van der Waals surface area contributed by atoms with Gasteiger partial charge in [-0.15, -0.1) is 0 Å². The van der Waals surface area contributed by atoms with Crippen LogP contribution in [-0.2, 0) is 9.59 Å². The molecule has 4 aromatic rings. The summed E-state index contributed by atoms with van der Waals surface area (Å²) in [5, 5.41) is 4.82. The van der Waals surface area contributed by atoms with Crippen LogP contribution in [0.1, 0.15) is 12.8 Å². The van der Waals surface area contributed by atoms with Crippen molar-refractivity contribution in [3.63, 3.8) is 0 Å². The first kappa shape index (κ1) is 24.0. The summed E-state index contributed by atoms with van der Waals surface area (Å²) in [6.45, 7) is 0. The van der Waals surface area contributed by atoms with Crippen molar-refractivity contribution in [1.29, 1.82) is 0 Å². The zero-order valence-corrected chi connectivity index (χ0v) is 19.2. The predicted octanol–water partition coefficient (Wildman–Crippen LogP) is 4.60. The van der Waals surface area contributed by atoms with Crippen molar-refractivity contribution < 1.29 is 32.2 Å². The van der Waals surface area contributed by atoms with Crippen molar-refractivity contribution in [3.05, 3.63) is 72.4 Å². The van der Waals surface area contributed by atoms with Crippen LogP contribution in [0.15, 0.2) is 55.0 Å². The van der Waals surface area contributed by atoms with Gasteiger partial charge in [-0.2, -0.15) is 4.98 Å². The molecule has 0 aliphatic heterocycles. The molecular weight excluding hydrogens is 491 g/mol. The minimum absolute atomic E-state index is 0.114. The molecule has 0 atom stereocenters. The molecule has 2 heterocycles. The Hall–Kier alpha value is -4.74. The summed E-state index contributed by atoms with van der Waals surface area (Å²) in [7, 11) is 1.46. The average molecular weight is 509 g/mol. The Labute approximate surface area is 207 Å². The Morgan fingerprint density at radius 2 is 1.65 bits per heavy atom. The van der Waals surface area contributed by atoms with Crippen LogP contribution < -0.4 is 20.1 Å². The second kappa shape index (κ2) is 9.37. The van der Waals surface area contributed by atoms with Crippen molar-refractivity contribution in [2.75, 3.05) is 17.7 Å². The van der Waals surface area contributed by atoms with Crippen LogP contribution in [-0.4, -0.2) is 33.9 Å². The molecular formula is C25H18F3N5O4. The number of carbonyl (C=O) groups excluding carboxylic acids is 2. The number of nitrogens with one attached hydrogen (secondary N) is 2. The van der Waals surface area contributed by atoms with Gasteiger partial charge in [0.2, 0.25) is 17.7 Å². The molecule has 0 saturated heterocycles. The lowest BCUT2D eigenvalue weighted by Gasteiger charge is -2.16. The lowest BCUT2D eigenvalue weighted by Crippen LogP contribution is -2.35. The normalized spacial score (nSPS) is 13.6. The van der Waals surface area contributed by atoms with Crippen LogP contribution in [0.3, 0.4) is 0 Å². The number of nitrogens with zero attached hydrogens (tertiary/aromatic N) is 3. The Bertz CT molecular complexity index is 1530. The highest BCUT2D eigenvalue weighted by atomic mass is 19.1. The second-order valence-electron chi connectivity index (χ2n) is 8.28. The van der Waals surface area contributed by atoms with E-state index in [1.807, 2.05) is 0 Å². The van der Waals surface area contributed by atoms with E-state index < -0.39 is 46.1 Å². The first-order chi connectivity index (χ1) is 17.8. The van der Waals surface area contributed by atoms with E-state index >= 15 is 0 Å². The summed E-state index contributed by atoms with van der Waals surface area (Å²) >= 11 is 0. The highest BCUT2D eigenvalue weighted by Crippen LogP contribution is 2.47. The molecule has 2 N–H and O–H groups in total. The lowest BCUT2D eigenvalue weighted by molar-refractivity contribution is -0.131. The molecule has 188 valence electrons. The summed E-state index contributed by atoms with van der Waals surface area (Å²) in [6.07, 6.45) is 3.01. The summed E-state index contributed by atoms with van der Waals surface area (Å²) in [5.74, 6) is -4.05. The molecule has 0 spiro atoms. The monoisotopic (exact) mass is 509 g/mol. The molecule has 0 unspecified atom stereocenters. The van der Waals surface area contributed by atoms with Crippen LogP contribution in [0.25, 0.3) is 11.0 Å². The summed E-state index contributed by atoms with van der Waals surface area (Å²) in [4.78, 5) is 37.7. The van der Waals surface area contributed by atoms with E-state index in [0.29, 0.717) is 17.0 Å². The largest absolute Gasteiger partial charge is 0.495 e. The molecule has 2 aromatic heterocycles. The second-order valence-corrected chi connectivity index (χ2v) is 8.28. The number of rotatable bonds is 7. The number of methoxy groups -OCH3 is 1. The van der Waals surface area contributed by atoms with E-state index in [0.717, 1.165) is 24.3 Å². The van der Waals surface area contributed by atoms with Crippen molar-refractivity contribution in [1.82, 2.24) is 15.0 Å². The van der Waals surface area contributed by atoms with Gasteiger partial charge in [-0.25, -0.2) is 23.1 Å². The van der Waals surface area contributed by atoms with Gasteiger partial charge in [-0.05, 0) is 37.1 Å². The minimum atomic E-state index is -1.45. The average Bonchev–Trinajstić information content (AvgIpc) is 3.70. The molecule has 5 rings (SSSR count). The van der Waals surface area contributed by atoms with Gasteiger partial charge in [0.1, 0.15) is 23.3 Å². The molecule has 2 amide bonds. The van der Waals surface area contributed by atoms with Crippen LogP contribution in [0.4, 0.5) is 24.5 Å². The highest BCUT2D eigenvalue weighted by Gasteiger charge is 2.56. The number of hydrogen-bond acceptors (Lipinski definition) is 7. The van der Waals surface area contributed by atoms with Crippen LogP contribution in [0.2, 0.25) is 0 Å². The van der Waals surface area contributed by atoms with Crippen LogP contribution >= 0.6 is 0 Å². The maximum Gasteiger partial charge on any atom is 0.249 e. The maximum atomic E-state index is 14.8. The predicted molar refractivity (Wildman–Crippen MR) is 126 cm³/mol. The maximum absolute atomic E-state index is 14.8. The van der Waals surface area contributed by atoms with Gasteiger partial charge in [-0.3, -0.25) is 9.59 Å². The number of halogens is 3. The zero-order valence-electron chi connectivity index (χ0n) is 19.2. The van der Waals surface area contributed by atoms with E-state index in [4.69, 9.17) is 9.47 Å². The molecule has 9 nitrogen and oxygen atoms in total. The third kappa shape index (κ3) is 4.73. The summed E-state index contributed by atoms with van der Waals surface area (Å²) < 4.78 is 53.3. The van der Waals surface area contributed by atoms with E-state index in [1.165, 1.54) is 31.8 Å². The van der Waals surface area contributed by atoms with Gasteiger partial charge in [0.05, 0.1) is 24.5 Å². The first-order valence-electron chi connectivity index (χ1n) is 11.0. The SMILES string of the molecule is COc1cnc2c(Oc3cc(F)c(NC(=O)C4(C(=O)Nc5ccc(F)cc5)CC4)cc3F)ncnc2c1. The Morgan fingerprint density at radius 3 is 2.35 bits per heavy atom. The van der Waals surface area contributed by atoms with Gasteiger partial charge in [-0.1, -0.05) is 0 Å². The van der Waals surface area contributed by atoms with Gasteiger partial charge < -0.3 is 20.1 Å². The highest BCUT2D eigenvalue weighted by molar-refractivity contribution is 6.16. The zero-order chi connectivity index (χ0) is 26.2. The fourth-order valence-corrected chi connectivity index (χ4v) is 3.60. The van der Waals surface area contributed by atoms with Crippen molar-refractivity contribution in [2.45, 2.75) is 12.8 Å². The lowest BCUT2D eigenvalue weighted by atomic mass is 10.0. The van der Waals surface area contributed by atoms with Crippen LogP contribution in [0, 0.1) is 22.9 Å². The molecule has 1 fully saturated rings. The standard InChI is InChI=1S/C25H18F3N5O4/c1-36-15-8-19-21(29-11-15)22(31-12-30-19)37-20-10-16(27)18(9-17(20)28)33-24(35)25(6-7-25)23(34)32-14-4-2-13(26)3-5-14/h2-5,8-12H,6-7H2,1H3,(H,32,34)(H,33,35). The number of fused-ring (bicyclic) bond motifs is 1. The third-order valence-electron chi connectivity index (χ3n) is 5.85. The number of ether oxygens (including phenoxy) is 2. The molecule has 12 heteroatoms. The summed E-state index contributed by atoms with van der Waals surface area (Å²) in [6, 6.07) is 8.09. The molecule has 1 aliphatic rings. The van der Waals surface area contributed by atoms with Crippen molar-refractivity contribution in [2.24, 2.45) is 5.41 Å². The summed E-state index contributed by atoms with van der Waals surface area (Å²) in [5.41, 5.74) is -1.05. The van der Waals surface area contributed by atoms with Gasteiger partial charge in [0.25, 0.3) is 0 Å². The quantitative estimate of drug-likeness (QED) is 0.350. The number of hydrogen-bond donors (Lipinski definition) is 2. The van der Waals surface area contributed by atoms with Gasteiger partial charge >= 0.3 is 0 Å². The topological polar surface area (TPSA) is 115 Å². The number of aromatic nitrogens is 3. The molecule has 0 bridgehead atoms.